The number of anilines is 1. The summed E-state index contributed by atoms with van der Waals surface area (Å²) in [5.41, 5.74) is 1.62. The summed E-state index contributed by atoms with van der Waals surface area (Å²) in [4.78, 5) is 17.5. The maximum Gasteiger partial charge on any atom is 0.354 e. The molecule has 0 radical (unpaired) electrons. The third-order valence-electron chi connectivity index (χ3n) is 3.47. The number of carboxylic acids is 1. The van der Waals surface area contributed by atoms with Crippen molar-refractivity contribution in [1.29, 1.82) is 0 Å². The smallest absolute Gasteiger partial charge is 0.354 e. The third-order valence-corrected chi connectivity index (χ3v) is 3.47. The molecule has 2 aromatic heterocycles. The molecule has 0 saturated carbocycles. The first-order valence-electron chi connectivity index (χ1n) is 6.57. The van der Waals surface area contributed by atoms with E-state index in [4.69, 9.17) is 5.11 Å². The van der Waals surface area contributed by atoms with Crippen molar-refractivity contribution < 1.29 is 9.90 Å². The molecule has 0 unspecified atom stereocenters. The van der Waals surface area contributed by atoms with Crippen LogP contribution < -0.4 is 4.90 Å². The third kappa shape index (κ3) is 2.03. The molecule has 6 nitrogen and oxygen atoms in total. The Kier molecular flexibility index (Phi) is 2.85. The minimum atomic E-state index is -0.998. The van der Waals surface area contributed by atoms with Gasteiger partial charge in [0, 0.05) is 25.2 Å². The molecule has 19 heavy (non-hydrogen) atoms. The molecule has 0 aliphatic carbocycles. The van der Waals surface area contributed by atoms with Crippen molar-refractivity contribution in [2.24, 2.45) is 0 Å². The summed E-state index contributed by atoms with van der Waals surface area (Å²) in [6.07, 6.45) is 3.08. The Morgan fingerprint density at radius 2 is 2.11 bits per heavy atom. The predicted molar refractivity (Wildman–Crippen MR) is 70.8 cm³/mol. The first-order chi connectivity index (χ1) is 9.19. The molecule has 0 atom stereocenters. The summed E-state index contributed by atoms with van der Waals surface area (Å²) in [6.45, 7) is 3.91. The molecular weight excluding hydrogens is 244 g/mol. The highest BCUT2D eigenvalue weighted by molar-refractivity contribution is 5.87. The van der Waals surface area contributed by atoms with Crippen LogP contribution in [-0.2, 0) is 6.42 Å². The Labute approximate surface area is 110 Å². The van der Waals surface area contributed by atoms with Gasteiger partial charge in [-0.25, -0.2) is 9.78 Å². The number of hydrogen-bond acceptors (Lipinski definition) is 4. The number of hydrogen-bond donors (Lipinski definition) is 1. The van der Waals surface area contributed by atoms with Crippen molar-refractivity contribution in [3.05, 3.63) is 23.5 Å². The van der Waals surface area contributed by atoms with Crippen molar-refractivity contribution in [3.8, 4) is 0 Å². The Morgan fingerprint density at radius 1 is 1.37 bits per heavy atom. The highest BCUT2D eigenvalue weighted by Crippen LogP contribution is 2.22. The van der Waals surface area contributed by atoms with Gasteiger partial charge in [-0.1, -0.05) is 6.92 Å². The van der Waals surface area contributed by atoms with Crippen LogP contribution in [-0.4, -0.2) is 38.8 Å². The minimum Gasteiger partial charge on any atom is -0.477 e. The standard InChI is InChI=1S/C13H16N4O2/c1-2-9-7-11-14-10(13(18)19)8-12(17(11)15-9)16-5-3-4-6-16/h7-8H,2-6H2,1H3,(H,18,19). The lowest BCUT2D eigenvalue weighted by molar-refractivity contribution is 0.0690. The predicted octanol–water partition coefficient (Wildman–Crippen LogP) is 1.59. The second-order valence-corrected chi connectivity index (χ2v) is 4.76. The van der Waals surface area contributed by atoms with Gasteiger partial charge in [-0.15, -0.1) is 0 Å². The molecule has 6 heteroatoms. The van der Waals surface area contributed by atoms with Crippen LogP contribution in [0, 0.1) is 0 Å². The van der Waals surface area contributed by atoms with E-state index < -0.39 is 5.97 Å². The average molecular weight is 260 g/mol. The zero-order chi connectivity index (χ0) is 13.4. The summed E-state index contributed by atoms with van der Waals surface area (Å²) >= 11 is 0. The summed E-state index contributed by atoms with van der Waals surface area (Å²) < 4.78 is 1.76. The topological polar surface area (TPSA) is 70.7 Å². The Morgan fingerprint density at radius 3 is 2.74 bits per heavy atom. The van der Waals surface area contributed by atoms with Gasteiger partial charge in [0.15, 0.2) is 11.3 Å². The molecule has 0 spiro atoms. The Balaban J connectivity index is 2.20. The van der Waals surface area contributed by atoms with Gasteiger partial charge in [0.2, 0.25) is 0 Å². The van der Waals surface area contributed by atoms with Crippen molar-refractivity contribution in [2.75, 3.05) is 18.0 Å². The number of aromatic carboxylic acids is 1. The van der Waals surface area contributed by atoms with E-state index >= 15 is 0 Å². The van der Waals surface area contributed by atoms with Gasteiger partial charge in [-0.3, -0.25) is 0 Å². The van der Waals surface area contributed by atoms with Gasteiger partial charge in [0.1, 0.15) is 5.82 Å². The van der Waals surface area contributed by atoms with Gasteiger partial charge >= 0.3 is 5.97 Å². The van der Waals surface area contributed by atoms with Gasteiger partial charge in [-0.2, -0.15) is 9.61 Å². The summed E-state index contributed by atoms with van der Waals surface area (Å²) in [6, 6.07) is 3.47. The van der Waals surface area contributed by atoms with E-state index in [-0.39, 0.29) is 5.69 Å². The molecule has 1 aliphatic heterocycles. The molecule has 1 fully saturated rings. The highest BCUT2D eigenvalue weighted by Gasteiger charge is 2.19. The monoisotopic (exact) mass is 260 g/mol. The van der Waals surface area contributed by atoms with E-state index in [1.807, 2.05) is 13.0 Å². The number of nitrogens with zero attached hydrogens (tertiary/aromatic N) is 4. The fraction of sp³-hybridized carbons (Fsp3) is 0.462. The van der Waals surface area contributed by atoms with Gasteiger partial charge in [0.25, 0.3) is 0 Å². The second-order valence-electron chi connectivity index (χ2n) is 4.76. The van der Waals surface area contributed by atoms with Crippen LogP contribution >= 0.6 is 0 Å². The number of rotatable bonds is 3. The van der Waals surface area contributed by atoms with Crippen molar-refractivity contribution >= 4 is 17.4 Å². The summed E-state index contributed by atoms with van der Waals surface area (Å²) in [7, 11) is 0. The zero-order valence-corrected chi connectivity index (χ0v) is 10.8. The maximum absolute atomic E-state index is 11.2. The lowest BCUT2D eigenvalue weighted by Gasteiger charge is -2.18. The minimum absolute atomic E-state index is 0.0805. The second kappa shape index (κ2) is 4.53. The van der Waals surface area contributed by atoms with E-state index in [0.717, 1.165) is 43.9 Å². The Hall–Kier alpha value is -2.11. The maximum atomic E-state index is 11.2. The first-order valence-corrected chi connectivity index (χ1v) is 6.57. The first kappa shape index (κ1) is 12.0. The number of carboxylic acid groups (broad SMARTS) is 1. The molecule has 2 aromatic rings. The fourth-order valence-electron chi connectivity index (χ4n) is 2.46. The van der Waals surface area contributed by atoms with Gasteiger partial charge in [0.05, 0.1) is 5.69 Å². The quantitative estimate of drug-likeness (QED) is 0.907. The van der Waals surface area contributed by atoms with Crippen molar-refractivity contribution in [1.82, 2.24) is 14.6 Å². The van der Waals surface area contributed by atoms with Crippen LogP contribution in [0.1, 0.15) is 35.9 Å². The van der Waals surface area contributed by atoms with Crippen LogP contribution in [0.3, 0.4) is 0 Å². The average Bonchev–Trinajstić information content (AvgIpc) is 3.05. The molecule has 0 bridgehead atoms. The van der Waals surface area contributed by atoms with Crippen LogP contribution in [0.5, 0.6) is 0 Å². The molecule has 1 aliphatic rings. The lowest BCUT2D eigenvalue weighted by Crippen LogP contribution is -2.22. The number of aryl methyl sites for hydroxylation is 1. The van der Waals surface area contributed by atoms with E-state index in [1.54, 1.807) is 10.6 Å². The van der Waals surface area contributed by atoms with E-state index in [9.17, 15) is 4.79 Å². The van der Waals surface area contributed by atoms with Crippen LogP contribution in [0.15, 0.2) is 12.1 Å². The fourth-order valence-corrected chi connectivity index (χ4v) is 2.46. The van der Waals surface area contributed by atoms with Crippen LogP contribution in [0.2, 0.25) is 0 Å². The number of carbonyl (C=O) groups is 1. The number of aromatic nitrogens is 3. The zero-order valence-electron chi connectivity index (χ0n) is 10.8. The highest BCUT2D eigenvalue weighted by atomic mass is 16.4. The van der Waals surface area contributed by atoms with E-state index in [0.29, 0.717) is 5.65 Å². The summed E-state index contributed by atoms with van der Waals surface area (Å²) in [5, 5.41) is 13.7. The molecule has 100 valence electrons. The molecule has 3 rings (SSSR count). The lowest BCUT2D eigenvalue weighted by atomic mass is 10.3. The SMILES string of the molecule is CCc1cc2nc(C(=O)O)cc(N3CCCC3)n2n1. The van der Waals surface area contributed by atoms with E-state index in [2.05, 4.69) is 15.0 Å². The van der Waals surface area contributed by atoms with Gasteiger partial charge in [-0.05, 0) is 19.3 Å². The molecular formula is C13H16N4O2. The van der Waals surface area contributed by atoms with Crippen LogP contribution in [0.25, 0.3) is 5.65 Å². The Bertz CT molecular complexity index is 629. The van der Waals surface area contributed by atoms with E-state index in [1.165, 1.54) is 0 Å². The van der Waals surface area contributed by atoms with Crippen LogP contribution in [0.4, 0.5) is 5.82 Å². The van der Waals surface area contributed by atoms with Crippen molar-refractivity contribution in [2.45, 2.75) is 26.2 Å². The normalized spacial score (nSPS) is 15.3. The largest absolute Gasteiger partial charge is 0.477 e. The molecule has 1 N–H and O–H groups in total. The molecule has 0 aromatic carbocycles. The molecule has 1 saturated heterocycles. The molecule has 3 heterocycles. The summed E-state index contributed by atoms with van der Waals surface area (Å²) in [5.74, 6) is -0.165. The van der Waals surface area contributed by atoms with Gasteiger partial charge < -0.3 is 10.0 Å². The van der Waals surface area contributed by atoms with Crippen molar-refractivity contribution in [3.63, 3.8) is 0 Å². The number of fused-ring (bicyclic) bond motifs is 1. The molecule has 0 amide bonds.